The summed E-state index contributed by atoms with van der Waals surface area (Å²) in [6.45, 7) is 11.7. The summed E-state index contributed by atoms with van der Waals surface area (Å²) in [7, 11) is 0. The van der Waals surface area contributed by atoms with E-state index in [2.05, 4.69) is 52.5 Å². The summed E-state index contributed by atoms with van der Waals surface area (Å²) in [4.78, 5) is 185. The van der Waals surface area contributed by atoms with Crippen molar-refractivity contribution in [1.82, 2.24) is 52.5 Å². The molecule has 10 atom stereocenters. The second kappa shape index (κ2) is 45.0. The summed E-state index contributed by atoms with van der Waals surface area (Å²) >= 11 is 0. The second-order valence-electron chi connectivity index (χ2n) is 28.4. The van der Waals surface area contributed by atoms with E-state index in [4.69, 9.17) is 21.9 Å². The molecular weight excluding hydrogens is 1460 g/mol. The van der Waals surface area contributed by atoms with Gasteiger partial charge in [0.25, 0.3) is 0 Å². The fourth-order valence-electron chi connectivity index (χ4n) is 12.2. The van der Waals surface area contributed by atoms with Crippen molar-refractivity contribution in [3.8, 4) is 16.9 Å². The van der Waals surface area contributed by atoms with Crippen LogP contribution < -0.4 is 64.5 Å². The highest BCUT2D eigenvalue weighted by molar-refractivity contribution is 7.59. The summed E-state index contributed by atoms with van der Waals surface area (Å²) < 4.78 is 21.5. The van der Waals surface area contributed by atoms with E-state index in [0.29, 0.717) is 55.8 Å². The van der Waals surface area contributed by atoms with E-state index in [9.17, 15) is 82.8 Å². The summed E-state index contributed by atoms with van der Waals surface area (Å²) in [6.07, 6.45) is -1.95. The normalized spacial score (nSPS) is 14.2. The topological polar surface area (TPSA) is 515 Å². The Bertz CT molecular complexity index is 4010. The number of rotatable bonds is 48. The van der Waals surface area contributed by atoms with Crippen molar-refractivity contribution in [1.29, 1.82) is 0 Å². The van der Waals surface area contributed by atoms with Crippen molar-refractivity contribution >= 4 is 90.1 Å². The lowest BCUT2D eigenvalue weighted by Crippen LogP contribution is -2.62. The minimum Gasteiger partial charge on any atom is -0.494 e. The van der Waals surface area contributed by atoms with Gasteiger partial charge >= 0.3 is 5.97 Å². The minimum absolute atomic E-state index is 0. The van der Waals surface area contributed by atoms with Crippen LogP contribution in [0.3, 0.4) is 0 Å². The fraction of sp³-hybridized carbons (Fsp3) is 0.487. The first-order valence-corrected chi connectivity index (χ1v) is 36.5. The average molecular weight is 1570 g/mol. The van der Waals surface area contributed by atoms with E-state index in [-0.39, 0.29) is 44.9 Å². The number of ketones is 2. The van der Waals surface area contributed by atoms with Crippen LogP contribution in [0, 0.1) is 30.5 Å². The van der Waals surface area contributed by atoms with Gasteiger partial charge in [0.15, 0.2) is 11.6 Å². The van der Waals surface area contributed by atoms with Crippen molar-refractivity contribution in [2.75, 3.05) is 26.3 Å². The van der Waals surface area contributed by atoms with Crippen LogP contribution in [0.2, 0.25) is 0 Å². The molecule has 0 saturated heterocycles. The van der Waals surface area contributed by atoms with Gasteiger partial charge < -0.3 is 89.9 Å². The van der Waals surface area contributed by atoms with E-state index in [0.717, 1.165) is 66.1 Å². The van der Waals surface area contributed by atoms with E-state index >= 15 is 4.39 Å². The number of H-pyrrole nitrogens is 1. The maximum atomic E-state index is 15.5. The number of hydrogen-bond acceptors (Lipinski definition) is 19. The van der Waals surface area contributed by atoms with Gasteiger partial charge in [-0.1, -0.05) is 91.7 Å². The number of aromatic amines is 1. The number of carbonyl (C=O) groups is 13. The molecule has 19 N–H and O–H groups in total. The molecule has 0 radical (unpaired) electrons. The third kappa shape index (κ3) is 29.7. The largest absolute Gasteiger partial charge is 0.494 e. The molecule has 33 heteroatoms. The monoisotopic (exact) mass is 1570 g/mol. The lowest BCUT2D eigenvalue weighted by molar-refractivity contribution is -0.143. The molecular formula is C78H108FN13O18S. The molecule has 10 amide bonds. The molecule has 5 aromatic rings. The third-order valence-electron chi connectivity index (χ3n) is 18.6. The Balaban J connectivity index is 0.0000260. The highest BCUT2D eigenvalue weighted by Gasteiger charge is 2.44. The number of benzene rings is 4. The Hall–Kier alpha value is -10.5. The van der Waals surface area contributed by atoms with E-state index in [1.807, 2.05) is 57.2 Å². The van der Waals surface area contributed by atoms with Crippen LogP contribution in [0.4, 0.5) is 4.39 Å². The lowest BCUT2D eigenvalue weighted by atomic mass is 9.76. The third-order valence-corrected chi connectivity index (χ3v) is 18.6. The molecule has 5 rings (SSSR count). The zero-order chi connectivity index (χ0) is 81.6. The van der Waals surface area contributed by atoms with Crippen molar-refractivity contribution in [3.63, 3.8) is 0 Å². The maximum absolute atomic E-state index is 15.5. The fourth-order valence-corrected chi connectivity index (χ4v) is 12.2. The molecule has 111 heavy (non-hydrogen) atoms. The quantitative estimate of drug-likeness (QED) is 0.0194. The number of unbranched alkanes of at least 4 members (excludes halogenated alkanes) is 1. The number of Topliss-reactive ketones (excluding diaryl/α,β-unsaturated/α-hetero) is 2. The molecule has 0 aliphatic heterocycles. The van der Waals surface area contributed by atoms with Gasteiger partial charge in [0.05, 0.1) is 49.6 Å². The predicted molar refractivity (Wildman–Crippen MR) is 413 cm³/mol. The van der Waals surface area contributed by atoms with Gasteiger partial charge in [-0.25, -0.2) is 9.37 Å². The molecule has 0 aliphatic rings. The van der Waals surface area contributed by atoms with Gasteiger partial charge in [-0.05, 0) is 151 Å². The first-order chi connectivity index (χ1) is 52.0. The van der Waals surface area contributed by atoms with Gasteiger partial charge in [-0.15, -0.1) is 0 Å². The summed E-state index contributed by atoms with van der Waals surface area (Å²) in [6, 6.07) is 11.5. The van der Waals surface area contributed by atoms with Crippen molar-refractivity contribution in [3.05, 3.63) is 142 Å². The van der Waals surface area contributed by atoms with E-state index in [1.165, 1.54) is 45.3 Å². The minimum atomic E-state index is -2.14. The molecule has 1 heterocycles. The number of carbonyl (C=O) groups excluding carboxylic acids is 12. The Morgan fingerprint density at radius 1 is 0.631 bits per heavy atom. The highest BCUT2D eigenvalue weighted by atomic mass is 32.1. The van der Waals surface area contributed by atoms with Crippen molar-refractivity contribution in [2.24, 2.45) is 28.0 Å². The number of hydrogen-bond donors (Lipinski definition) is 16. The number of imidazole rings is 1. The van der Waals surface area contributed by atoms with Crippen LogP contribution in [0.5, 0.6) is 5.75 Å². The number of nitrogens with two attached hydrogens (primary N) is 3. The molecule has 1 aromatic heterocycles. The Kier molecular flexibility index (Phi) is 37.7. The number of nitrogens with zero attached hydrogens (tertiary/aromatic N) is 1. The number of carboxylic acid groups (broad SMARTS) is 1. The predicted octanol–water partition coefficient (Wildman–Crippen LogP) is 1.51. The van der Waals surface area contributed by atoms with Gasteiger partial charge in [-0.2, -0.15) is 13.5 Å². The second-order valence-corrected chi connectivity index (χ2v) is 28.4. The molecule has 0 saturated carbocycles. The van der Waals surface area contributed by atoms with Gasteiger partial charge in [0.2, 0.25) is 59.1 Å². The zero-order valence-electron chi connectivity index (χ0n) is 63.9. The molecule has 0 unspecified atom stereocenters. The van der Waals surface area contributed by atoms with Gasteiger partial charge in [0, 0.05) is 57.0 Å². The van der Waals surface area contributed by atoms with Crippen molar-refractivity contribution < 1.29 is 91.9 Å². The first-order valence-electron chi connectivity index (χ1n) is 36.5. The van der Waals surface area contributed by atoms with Gasteiger partial charge in [0.1, 0.15) is 53.2 Å². The van der Waals surface area contributed by atoms with Crippen LogP contribution in [0.1, 0.15) is 145 Å². The number of aryl methyl sites for hydroxylation is 4. The van der Waals surface area contributed by atoms with Crippen LogP contribution >= 0.6 is 13.5 Å². The summed E-state index contributed by atoms with van der Waals surface area (Å²) in [5.74, 6) is -14.1. The molecule has 31 nitrogen and oxygen atoms in total. The van der Waals surface area contributed by atoms with E-state index in [1.54, 1.807) is 30.5 Å². The number of amides is 10. The average Bonchev–Trinajstić information content (AvgIpc) is 0.996. The van der Waals surface area contributed by atoms with Crippen LogP contribution in [0.25, 0.3) is 11.1 Å². The number of carboxylic acids is 1. The number of halogens is 1. The molecule has 606 valence electrons. The molecule has 0 fully saturated rings. The van der Waals surface area contributed by atoms with Gasteiger partial charge in [-0.3, -0.25) is 62.3 Å². The Labute approximate surface area is 651 Å². The van der Waals surface area contributed by atoms with Crippen LogP contribution in [-0.4, -0.2) is 188 Å². The van der Waals surface area contributed by atoms with Crippen molar-refractivity contribution in [2.45, 2.75) is 206 Å². The van der Waals surface area contributed by atoms with Crippen LogP contribution in [-0.2, 0) is 94.4 Å². The smallest absolute Gasteiger partial charge is 0.305 e. The molecule has 0 bridgehead atoms. The molecule has 0 aliphatic carbocycles. The molecule has 0 spiro atoms. The number of aliphatic hydroxyl groups is 3. The number of aromatic nitrogens is 2. The number of ether oxygens (including phenoxy) is 1. The molecule has 4 aromatic carbocycles. The highest BCUT2D eigenvalue weighted by Crippen LogP contribution is 2.32. The SMILES string of the molecule is CCc1cc(OCCCCN)ccc1-c1ccc(C[C@H](NC(=O)[C@H](CC(=O)O)NC(=O)[C@H](CO)NC(=O)[C@@H](NC(=O)[C@@](C)(CC(=O)[C@@H](NC(=O)CCC(=O)[C@H](CCC(N)=O)NC(=O)C(C)(C)C(=O)NCCc2cnc[nH]2)[C@@H](C)O)Cc2ccccc2F)[C@@H](C)O)C(=O)N[C@@H](CCCc2cc(C)cc(C)c2)C(N)=O)cc1.S. The number of primary amides is 2. The first kappa shape index (κ1) is 92.9. The Morgan fingerprint density at radius 2 is 1.26 bits per heavy atom. The number of aliphatic carboxylic acids is 1. The Morgan fingerprint density at radius 3 is 1.86 bits per heavy atom. The van der Waals surface area contributed by atoms with Crippen LogP contribution in [0.15, 0.2) is 97.5 Å². The maximum Gasteiger partial charge on any atom is 0.305 e. The standard InChI is InChI=1S/C78H106FN13O18.H2S/c1-9-50-37-54(110-32-13-12-30-80)23-24-55(50)51-21-19-48(20-22-51)36-59(70(103)86-58(69(82)102)18-14-15-49-34-44(2)33-45(3)35-49)87-71(104)60(38-66(100)101)88-72(105)61(42-93)89-73(106)68(47(5)95)92-76(109)78(8,39-52-16-10-11-17-56(52)79)40-63(97)67(46(4)94)91-65(99)28-26-62(96)57(25-27-64(81)98)90-75(108)77(6,7)74(107)84-31-29-53-41-83-43-85-53;/h10-11,16-17,19-24,33-35,37,41,43,46-47,57-61,67-68,93-95H,9,12-15,18,25-32,36,38-40,42,80H2,1-8H3,(H2,81,98)(H2,82,102)(H,83,85)(H,84,107)(H,86,103)(H,87,104)(H,88,105)(H,89,106)(H,90,108)(H,91,99)(H,92,109)(H,100,101);1H2/t46-,47-,57+,58+,59+,60+,61+,67+,68+,78-;/m1./s1. The number of nitrogens with one attached hydrogen (secondary N) is 9. The lowest BCUT2D eigenvalue weighted by Gasteiger charge is -2.33. The summed E-state index contributed by atoms with van der Waals surface area (Å²) in [5.41, 5.74) is 19.7. The zero-order valence-corrected chi connectivity index (χ0v) is 64.9. The number of aliphatic hydroxyl groups excluding tert-OH is 3. The van der Waals surface area contributed by atoms with E-state index < -0.39 is 193 Å². The summed E-state index contributed by atoms with van der Waals surface area (Å²) in [5, 5.41) is 62.0.